The molecular formula is C18H22N6O2S. The number of fused-ring (bicyclic) bond motifs is 1. The summed E-state index contributed by atoms with van der Waals surface area (Å²) in [6.07, 6.45) is 3.70. The van der Waals surface area contributed by atoms with Crippen molar-refractivity contribution in [1.29, 1.82) is 0 Å². The van der Waals surface area contributed by atoms with Crippen molar-refractivity contribution in [3.8, 4) is 0 Å². The van der Waals surface area contributed by atoms with Gasteiger partial charge in [-0.2, -0.15) is 9.40 Å². The number of benzene rings is 1. The molecule has 1 unspecified atom stereocenters. The van der Waals surface area contributed by atoms with E-state index in [0.717, 1.165) is 28.7 Å². The van der Waals surface area contributed by atoms with Crippen LogP contribution in [0.2, 0.25) is 0 Å². The summed E-state index contributed by atoms with van der Waals surface area (Å²) < 4.78 is 25.7. The first kappa shape index (κ1) is 17.9. The van der Waals surface area contributed by atoms with Crippen LogP contribution in [0.4, 0.5) is 5.95 Å². The lowest BCUT2D eigenvalue weighted by atomic mass is 10.0. The van der Waals surface area contributed by atoms with Crippen molar-refractivity contribution >= 4 is 27.0 Å². The molecule has 0 radical (unpaired) electrons. The molecular weight excluding hydrogens is 364 g/mol. The largest absolute Gasteiger partial charge is 0.335 e. The molecule has 1 atom stereocenters. The maximum atomic E-state index is 12.1. The molecule has 1 saturated heterocycles. The number of hydrogen-bond donors (Lipinski definition) is 1. The zero-order valence-electron chi connectivity index (χ0n) is 15.3. The number of aromatic amines is 1. The Balaban J connectivity index is 1.68. The van der Waals surface area contributed by atoms with Gasteiger partial charge in [-0.1, -0.05) is 30.3 Å². The van der Waals surface area contributed by atoms with Crippen molar-refractivity contribution in [3.63, 3.8) is 0 Å². The quantitative estimate of drug-likeness (QED) is 0.727. The fraction of sp³-hybridized carbons (Fsp3) is 0.389. The van der Waals surface area contributed by atoms with Gasteiger partial charge in [0.25, 0.3) is 0 Å². The Morgan fingerprint density at radius 2 is 2.00 bits per heavy atom. The Kier molecular flexibility index (Phi) is 4.56. The van der Waals surface area contributed by atoms with Crippen LogP contribution in [0.15, 0.2) is 36.5 Å². The van der Waals surface area contributed by atoms with Crippen molar-refractivity contribution in [2.45, 2.75) is 19.4 Å². The minimum atomic E-state index is -3.24. The minimum Gasteiger partial charge on any atom is -0.335 e. The summed E-state index contributed by atoms with van der Waals surface area (Å²) in [7, 11) is -3.24. The van der Waals surface area contributed by atoms with E-state index in [4.69, 9.17) is 4.98 Å². The molecule has 1 fully saturated rings. The molecule has 8 nitrogen and oxygen atoms in total. The molecule has 2 aromatic heterocycles. The number of rotatable bonds is 4. The molecule has 0 saturated carbocycles. The van der Waals surface area contributed by atoms with E-state index in [1.165, 1.54) is 6.26 Å². The Labute approximate surface area is 158 Å². The zero-order chi connectivity index (χ0) is 19.0. The fourth-order valence-corrected chi connectivity index (χ4v) is 4.37. The molecule has 1 aromatic carbocycles. The Bertz CT molecular complexity index is 1050. The number of anilines is 1. The third-order valence-corrected chi connectivity index (χ3v) is 6.21. The lowest BCUT2D eigenvalue weighted by Gasteiger charge is -2.40. The summed E-state index contributed by atoms with van der Waals surface area (Å²) in [5.41, 5.74) is 3.57. The molecule has 0 aliphatic carbocycles. The lowest BCUT2D eigenvalue weighted by Crippen LogP contribution is -2.56. The highest BCUT2D eigenvalue weighted by Crippen LogP contribution is 2.23. The van der Waals surface area contributed by atoms with Gasteiger partial charge in [0.05, 0.1) is 18.1 Å². The Morgan fingerprint density at radius 1 is 1.22 bits per heavy atom. The fourth-order valence-electron chi connectivity index (χ4n) is 3.51. The topological polar surface area (TPSA) is 95.1 Å². The summed E-state index contributed by atoms with van der Waals surface area (Å²) in [6, 6.07) is 10.0. The van der Waals surface area contributed by atoms with Crippen LogP contribution in [0.1, 0.15) is 11.3 Å². The number of piperazine rings is 1. The first-order valence-corrected chi connectivity index (χ1v) is 10.7. The number of H-pyrrole nitrogens is 1. The number of nitrogens with one attached hydrogen (secondary N) is 1. The molecule has 3 aromatic rings. The first-order chi connectivity index (χ1) is 12.9. The predicted molar refractivity (Wildman–Crippen MR) is 104 cm³/mol. The number of aryl methyl sites for hydroxylation is 1. The van der Waals surface area contributed by atoms with E-state index in [-0.39, 0.29) is 6.04 Å². The molecule has 0 bridgehead atoms. The summed E-state index contributed by atoms with van der Waals surface area (Å²) in [5, 5.41) is 7.11. The average Bonchev–Trinajstić information content (AvgIpc) is 3.02. The first-order valence-electron chi connectivity index (χ1n) is 8.85. The van der Waals surface area contributed by atoms with Crippen LogP contribution >= 0.6 is 0 Å². The van der Waals surface area contributed by atoms with Crippen LogP contribution in [-0.4, -0.2) is 64.8 Å². The minimum absolute atomic E-state index is 0.0412. The highest BCUT2D eigenvalue weighted by Gasteiger charge is 2.33. The van der Waals surface area contributed by atoms with Crippen LogP contribution < -0.4 is 4.90 Å². The van der Waals surface area contributed by atoms with Gasteiger partial charge in [0, 0.05) is 25.7 Å². The van der Waals surface area contributed by atoms with E-state index >= 15 is 0 Å². The van der Waals surface area contributed by atoms with Crippen molar-refractivity contribution in [2.24, 2.45) is 0 Å². The van der Waals surface area contributed by atoms with Crippen molar-refractivity contribution in [1.82, 2.24) is 24.5 Å². The number of hydrogen-bond acceptors (Lipinski definition) is 6. The molecule has 9 heteroatoms. The summed E-state index contributed by atoms with van der Waals surface area (Å²) in [6.45, 7) is 3.32. The van der Waals surface area contributed by atoms with Crippen molar-refractivity contribution in [2.75, 3.05) is 30.8 Å². The summed E-state index contributed by atoms with van der Waals surface area (Å²) in [5.74, 6) is 0.612. The molecule has 4 rings (SSSR count). The molecule has 1 N–H and O–H groups in total. The third-order valence-electron chi connectivity index (χ3n) is 4.94. The van der Waals surface area contributed by atoms with Crippen molar-refractivity contribution < 1.29 is 8.42 Å². The van der Waals surface area contributed by atoms with Gasteiger partial charge in [-0.05, 0) is 18.9 Å². The van der Waals surface area contributed by atoms with Gasteiger partial charge in [0.2, 0.25) is 16.0 Å². The van der Waals surface area contributed by atoms with Crippen LogP contribution in [0.5, 0.6) is 0 Å². The molecule has 3 heterocycles. The van der Waals surface area contributed by atoms with Gasteiger partial charge < -0.3 is 4.90 Å². The average molecular weight is 386 g/mol. The SMILES string of the molecule is Cc1[nH]nc2cnc(N3CCN(S(C)(=O)=O)CC3Cc3ccccc3)nc12. The van der Waals surface area contributed by atoms with Crippen LogP contribution in [-0.2, 0) is 16.4 Å². The monoisotopic (exact) mass is 386 g/mol. The van der Waals surface area contributed by atoms with Crippen LogP contribution in [0, 0.1) is 6.92 Å². The molecule has 27 heavy (non-hydrogen) atoms. The third kappa shape index (κ3) is 3.65. The van der Waals surface area contributed by atoms with E-state index in [1.807, 2.05) is 25.1 Å². The van der Waals surface area contributed by atoms with Gasteiger partial charge in [-0.25, -0.2) is 18.4 Å². The highest BCUT2D eigenvalue weighted by atomic mass is 32.2. The Hall–Kier alpha value is -2.52. The van der Waals surface area contributed by atoms with E-state index in [0.29, 0.717) is 25.6 Å². The normalized spacial score (nSPS) is 18.9. The van der Waals surface area contributed by atoms with Crippen molar-refractivity contribution in [3.05, 3.63) is 47.8 Å². The van der Waals surface area contributed by atoms with Gasteiger partial charge in [-0.3, -0.25) is 5.10 Å². The number of sulfonamides is 1. The molecule has 0 amide bonds. The lowest BCUT2D eigenvalue weighted by molar-refractivity contribution is 0.330. The van der Waals surface area contributed by atoms with Gasteiger partial charge in [0.1, 0.15) is 11.0 Å². The van der Waals surface area contributed by atoms with Gasteiger partial charge in [-0.15, -0.1) is 0 Å². The number of aromatic nitrogens is 4. The summed E-state index contributed by atoms with van der Waals surface area (Å²) >= 11 is 0. The standard InChI is InChI=1S/C18H22N6O2S/c1-13-17-16(22-21-13)11-19-18(20-17)24-9-8-23(27(2,25)26)12-15(24)10-14-6-4-3-5-7-14/h3-7,11,15H,8-10,12H2,1-2H3,(H,21,22). The second-order valence-corrected chi connectivity index (χ2v) is 8.89. The van der Waals surface area contributed by atoms with Crippen LogP contribution in [0.25, 0.3) is 11.0 Å². The van der Waals surface area contributed by atoms with E-state index in [2.05, 4.69) is 32.2 Å². The second kappa shape index (κ2) is 6.90. The molecule has 1 aliphatic rings. The van der Waals surface area contributed by atoms with E-state index < -0.39 is 10.0 Å². The maximum absolute atomic E-state index is 12.1. The summed E-state index contributed by atoms with van der Waals surface area (Å²) in [4.78, 5) is 11.3. The predicted octanol–water partition coefficient (Wildman–Crippen LogP) is 1.35. The van der Waals surface area contributed by atoms with E-state index in [9.17, 15) is 8.42 Å². The van der Waals surface area contributed by atoms with Gasteiger partial charge >= 0.3 is 0 Å². The van der Waals surface area contributed by atoms with Crippen LogP contribution in [0.3, 0.4) is 0 Å². The number of nitrogens with zero attached hydrogens (tertiary/aromatic N) is 5. The highest BCUT2D eigenvalue weighted by molar-refractivity contribution is 7.88. The second-order valence-electron chi connectivity index (χ2n) is 6.91. The Morgan fingerprint density at radius 3 is 2.74 bits per heavy atom. The zero-order valence-corrected chi connectivity index (χ0v) is 16.1. The maximum Gasteiger partial charge on any atom is 0.226 e. The van der Waals surface area contributed by atoms with E-state index in [1.54, 1.807) is 10.5 Å². The molecule has 142 valence electrons. The molecule has 0 spiro atoms. The van der Waals surface area contributed by atoms with Gasteiger partial charge in [0.15, 0.2) is 0 Å². The molecule has 1 aliphatic heterocycles. The smallest absolute Gasteiger partial charge is 0.226 e.